The lowest BCUT2D eigenvalue weighted by molar-refractivity contribution is 0.333. The molecular weight excluding hydrogens is 258 g/mol. The second-order valence-corrected chi connectivity index (χ2v) is 5.39. The van der Waals surface area contributed by atoms with Crippen molar-refractivity contribution in [2.24, 2.45) is 0 Å². The van der Waals surface area contributed by atoms with Crippen molar-refractivity contribution in [2.45, 2.75) is 33.1 Å². The first kappa shape index (κ1) is 15.4. The van der Waals surface area contributed by atoms with Gasteiger partial charge in [0.15, 0.2) is 0 Å². The average molecular weight is 283 g/mol. The molecule has 2 aromatic rings. The molecule has 0 aliphatic carbocycles. The molecule has 0 aliphatic rings. The molecular formula is C19H25NO. The van der Waals surface area contributed by atoms with Gasteiger partial charge in [0.2, 0.25) is 0 Å². The summed E-state index contributed by atoms with van der Waals surface area (Å²) in [6.45, 7) is 5.80. The number of hydrogen-bond acceptors (Lipinski definition) is 2. The summed E-state index contributed by atoms with van der Waals surface area (Å²) in [5.41, 5.74) is 3.80. The third-order valence-corrected chi connectivity index (χ3v) is 3.46. The van der Waals surface area contributed by atoms with E-state index in [1.807, 2.05) is 0 Å². The lowest BCUT2D eigenvalue weighted by Gasteiger charge is -2.09. The van der Waals surface area contributed by atoms with Crippen molar-refractivity contribution >= 4 is 5.69 Å². The highest BCUT2D eigenvalue weighted by atomic mass is 16.5. The van der Waals surface area contributed by atoms with E-state index < -0.39 is 0 Å². The lowest BCUT2D eigenvalue weighted by atomic mass is 10.1. The van der Waals surface area contributed by atoms with Crippen molar-refractivity contribution < 1.29 is 4.74 Å². The Morgan fingerprint density at radius 2 is 1.86 bits per heavy atom. The number of nitrogens with one attached hydrogen (secondary N) is 1. The fourth-order valence-electron chi connectivity index (χ4n) is 2.25. The van der Waals surface area contributed by atoms with Gasteiger partial charge in [0.25, 0.3) is 0 Å². The van der Waals surface area contributed by atoms with Gasteiger partial charge in [-0.25, -0.2) is 0 Å². The largest absolute Gasteiger partial charge is 0.492 e. The van der Waals surface area contributed by atoms with E-state index in [1.54, 1.807) is 0 Å². The Balaban J connectivity index is 1.71. The second-order valence-electron chi connectivity index (χ2n) is 5.39. The molecule has 0 atom stereocenters. The molecule has 0 radical (unpaired) electrons. The van der Waals surface area contributed by atoms with Gasteiger partial charge in [0, 0.05) is 12.2 Å². The predicted octanol–water partition coefficient (Wildman–Crippen LogP) is 4.83. The Bertz CT molecular complexity index is 534. The van der Waals surface area contributed by atoms with Crippen LogP contribution in [0.2, 0.25) is 0 Å². The SMILES string of the molecule is CCCCc1ccc(OCCNc2cccc(C)c2)cc1. The molecule has 2 nitrogen and oxygen atoms in total. The fourth-order valence-corrected chi connectivity index (χ4v) is 2.25. The van der Waals surface area contributed by atoms with Crippen LogP contribution in [0.5, 0.6) is 5.75 Å². The summed E-state index contributed by atoms with van der Waals surface area (Å²) in [6.07, 6.45) is 3.65. The minimum Gasteiger partial charge on any atom is -0.492 e. The molecule has 21 heavy (non-hydrogen) atoms. The summed E-state index contributed by atoms with van der Waals surface area (Å²) in [7, 11) is 0. The van der Waals surface area contributed by atoms with Crippen LogP contribution in [0.25, 0.3) is 0 Å². The van der Waals surface area contributed by atoms with Crippen molar-refractivity contribution in [3.05, 3.63) is 59.7 Å². The first-order chi connectivity index (χ1) is 10.3. The van der Waals surface area contributed by atoms with E-state index in [2.05, 4.69) is 67.7 Å². The molecule has 0 unspecified atom stereocenters. The monoisotopic (exact) mass is 283 g/mol. The molecule has 0 heterocycles. The van der Waals surface area contributed by atoms with Crippen molar-refractivity contribution in [1.29, 1.82) is 0 Å². The Kier molecular flexibility index (Phi) is 6.14. The van der Waals surface area contributed by atoms with Gasteiger partial charge in [-0.2, -0.15) is 0 Å². The molecule has 0 saturated carbocycles. The lowest BCUT2D eigenvalue weighted by Crippen LogP contribution is -2.11. The Labute approximate surface area is 128 Å². The van der Waals surface area contributed by atoms with E-state index >= 15 is 0 Å². The van der Waals surface area contributed by atoms with Crippen molar-refractivity contribution in [1.82, 2.24) is 0 Å². The third-order valence-electron chi connectivity index (χ3n) is 3.46. The zero-order valence-corrected chi connectivity index (χ0v) is 13.1. The number of hydrogen-bond donors (Lipinski definition) is 1. The first-order valence-electron chi connectivity index (χ1n) is 7.80. The second kappa shape index (κ2) is 8.35. The molecule has 2 rings (SSSR count). The molecule has 1 N–H and O–H groups in total. The molecule has 2 heteroatoms. The van der Waals surface area contributed by atoms with Crippen molar-refractivity contribution in [3.8, 4) is 5.75 Å². The van der Waals surface area contributed by atoms with Crippen LogP contribution in [0.15, 0.2) is 48.5 Å². The minimum absolute atomic E-state index is 0.669. The van der Waals surface area contributed by atoms with Gasteiger partial charge in [-0.3, -0.25) is 0 Å². The van der Waals surface area contributed by atoms with Gasteiger partial charge in [-0.1, -0.05) is 37.6 Å². The molecule has 0 aromatic heterocycles. The maximum absolute atomic E-state index is 5.75. The first-order valence-corrected chi connectivity index (χ1v) is 7.80. The quantitative estimate of drug-likeness (QED) is 0.701. The van der Waals surface area contributed by atoms with Gasteiger partial charge >= 0.3 is 0 Å². The molecule has 0 saturated heterocycles. The van der Waals surface area contributed by atoms with Gasteiger partial charge in [0.1, 0.15) is 12.4 Å². The van der Waals surface area contributed by atoms with Crippen LogP contribution in [0.4, 0.5) is 5.69 Å². The predicted molar refractivity (Wildman–Crippen MR) is 90.2 cm³/mol. The van der Waals surface area contributed by atoms with Gasteiger partial charge in [-0.15, -0.1) is 0 Å². The highest BCUT2D eigenvalue weighted by Crippen LogP contribution is 2.14. The normalized spacial score (nSPS) is 10.4. The highest BCUT2D eigenvalue weighted by Gasteiger charge is 1.96. The smallest absolute Gasteiger partial charge is 0.119 e. The maximum atomic E-state index is 5.75. The standard InChI is InChI=1S/C19H25NO/c1-3-4-7-17-9-11-19(12-10-17)21-14-13-20-18-8-5-6-16(2)15-18/h5-6,8-12,15,20H,3-4,7,13-14H2,1-2H3. The zero-order chi connectivity index (χ0) is 14.9. The van der Waals surface area contributed by atoms with Crippen LogP contribution in [-0.2, 0) is 6.42 Å². The van der Waals surface area contributed by atoms with Crippen LogP contribution < -0.4 is 10.1 Å². The topological polar surface area (TPSA) is 21.3 Å². The fraction of sp³-hybridized carbons (Fsp3) is 0.368. The van der Waals surface area contributed by atoms with Crippen molar-refractivity contribution in [3.63, 3.8) is 0 Å². The molecule has 0 fully saturated rings. The summed E-state index contributed by atoms with van der Waals surface area (Å²) >= 11 is 0. The van der Waals surface area contributed by atoms with E-state index in [0.29, 0.717) is 6.61 Å². The Morgan fingerprint density at radius 1 is 1.05 bits per heavy atom. The summed E-state index contributed by atoms with van der Waals surface area (Å²) in [4.78, 5) is 0. The van der Waals surface area contributed by atoms with E-state index in [1.165, 1.54) is 24.0 Å². The van der Waals surface area contributed by atoms with E-state index in [-0.39, 0.29) is 0 Å². The Hall–Kier alpha value is -1.96. The third kappa shape index (κ3) is 5.50. The summed E-state index contributed by atoms with van der Waals surface area (Å²) < 4.78 is 5.75. The number of unbranched alkanes of at least 4 members (excludes halogenated alkanes) is 1. The molecule has 0 spiro atoms. The van der Waals surface area contributed by atoms with Crippen molar-refractivity contribution in [2.75, 3.05) is 18.5 Å². The number of anilines is 1. The number of ether oxygens (including phenoxy) is 1. The molecule has 0 aliphatic heterocycles. The highest BCUT2D eigenvalue weighted by molar-refractivity contribution is 5.45. The van der Waals surface area contributed by atoms with Crippen LogP contribution in [0, 0.1) is 6.92 Å². The van der Waals surface area contributed by atoms with Crippen LogP contribution in [-0.4, -0.2) is 13.2 Å². The number of aryl methyl sites for hydroxylation is 2. The van der Waals surface area contributed by atoms with Gasteiger partial charge in [-0.05, 0) is 55.2 Å². The summed E-state index contributed by atoms with van der Waals surface area (Å²) in [5, 5.41) is 3.37. The molecule has 112 valence electrons. The number of rotatable bonds is 8. The zero-order valence-electron chi connectivity index (χ0n) is 13.1. The molecule has 0 amide bonds. The van der Waals surface area contributed by atoms with Crippen LogP contribution >= 0.6 is 0 Å². The summed E-state index contributed by atoms with van der Waals surface area (Å²) in [6, 6.07) is 16.8. The molecule has 0 bridgehead atoms. The minimum atomic E-state index is 0.669. The average Bonchev–Trinajstić information content (AvgIpc) is 2.51. The van der Waals surface area contributed by atoms with Crippen LogP contribution in [0.1, 0.15) is 30.9 Å². The van der Waals surface area contributed by atoms with E-state index in [4.69, 9.17) is 4.74 Å². The van der Waals surface area contributed by atoms with Gasteiger partial charge in [0.05, 0.1) is 0 Å². The summed E-state index contributed by atoms with van der Waals surface area (Å²) in [5.74, 6) is 0.946. The maximum Gasteiger partial charge on any atom is 0.119 e. The van der Waals surface area contributed by atoms with E-state index in [0.717, 1.165) is 24.4 Å². The van der Waals surface area contributed by atoms with Gasteiger partial charge < -0.3 is 10.1 Å². The molecule has 2 aromatic carbocycles. The van der Waals surface area contributed by atoms with E-state index in [9.17, 15) is 0 Å². The Morgan fingerprint density at radius 3 is 2.57 bits per heavy atom. The van der Waals surface area contributed by atoms with Crippen LogP contribution in [0.3, 0.4) is 0 Å². The number of benzene rings is 2.